The molecule has 5 nitrogen and oxygen atoms in total. The van der Waals surface area contributed by atoms with Crippen LogP contribution in [0.4, 0.5) is 0 Å². The SMILES string of the molecule is CCc1cc2cc3c(cc2nc1SCC(=O)NC1CCCC1)OCO3. The van der Waals surface area contributed by atoms with Crippen LogP contribution in [0.3, 0.4) is 0 Å². The van der Waals surface area contributed by atoms with E-state index in [9.17, 15) is 4.79 Å². The smallest absolute Gasteiger partial charge is 0.231 e. The van der Waals surface area contributed by atoms with Gasteiger partial charge in [0.25, 0.3) is 0 Å². The molecule has 2 heterocycles. The van der Waals surface area contributed by atoms with Crippen LogP contribution >= 0.6 is 11.8 Å². The molecule has 1 N–H and O–H groups in total. The van der Waals surface area contributed by atoms with Crippen molar-refractivity contribution >= 4 is 28.6 Å². The molecule has 0 spiro atoms. The van der Waals surface area contributed by atoms with E-state index < -0.39 is 0 Å². The first kappa shape index (κ1) is 16.5. The van der Waals surface area contributed by atoms with Gasteiger partial charge in [0.15, 0.2) is 11.5 Å². The molecule has 1 aliphatic heterocycles. The summed E-state index contributed by atoms with van der Waals surface area (Å²) >= 11 is 1.52. The second-order valence-corrected chi connectivity index (χ2v) is 7.51. The maximum atomic E-state index is 12.2. The number of benzene rings is 1. The van der Waals surface area contributed by atoms with Gasteiger partial charge in [-0.2, -0.15) is 0 Å². The molecule has 1 aromatic carbocycles. The molecule has 4 rings (SSSR count). The highest BCUT2D eigenvalue weighted by Gasteiger charge is 2.19. The summed E-state index contributed by atoms with van der Waals surface area (Å²) < 4.78 is 10.9. The summed E-state index contributed by atoms with van der Waals surface area (Å²) in [6.07, 6.45) is 5.54. The number of hydrogen-bond acceptors (Lipinski definition) is 5. The zero-order valence-corrected chi connectivity index (χ0v) is 15.2. The van der Waals surface area contributed by atoms with Gasteiger partial charge in [0, 0.05) is 17.5 Å². The predicted molar refractivity (Wildman–Crippen MR) is 98.4 cm³/mol. The van der Waals surface area contributed by atoms with E-state index in [1.165, 1.54) is 24.6 Å². The number of carbonyl (C=O) groups is 1. The zero-order chi connectivity index (χ0) is 17.2. The maximum absolute atomic E-state index is 12.2. The fraction of sp³-hybridized carbons (Fsp3) is 0.474. The average molecular weight is 358 g/mol. The number of aryl methyl sites for hydroxylation is 1. The Kier molecular flexibility index (Phi) is 4.70. The van der Waals surface area contributed by atoms with Gasteiger partial charge in [0.05, 0.1) is 11.3 Å². The molecule has 1 saturated carbocycles. The number of hydrogen-bond donors (Lipinski definition) is 1. The molecule has 1 aromatic heterocycles. The fourth-order valence-corrected chi connectivity index (χ4v) is 4.34. The fourth-order valence-electron chi connectivity index (χ4n) is 3.44. The van der Waals surface area contributed by atoms with Crippen molar-refractivity contribution in [2.75, 3.05) is 12.5 Å². The van der Waals surface area contributed by atoms with Crippen molar-refractivity contribution in [3.05, 3.63) is 23.8 Å². The Morgan fingerprint density at radius 2 is 2.00 bits per heavy atom. The number of pyridine rings is 1. The lowest BCUT2D eigenvalue weighted by molar-refractivity contribution is -0.119. The Morgan fingerprint density at radius 3 is 2.76 bits per heavy atom. The van der Waals surface area contributed by atoms with E-state index in [4.69, 9.17) is 14.5 Å². The van der Waals surface area contributed by atoms with Crippen LogP contribution in [0.5, 0.6) is 11.5 Å². The number of thioether (sulfide) groups is 1. The zero-order valence-electron chi connectivity index (χ0n) is 14.3. The molecule has 2 aromatic rings. The Morgan fingerprint density at radius 1 is 1.24 bits per heavy atom. The van der Waals surface area contributed by atoms with Crippen molar-refractivity contribution in [2.24, 2.45) is 0 Å². The van der Waals surface area contributed by atoms with Crippen molar-refractivity contribution in [2.45, 2.75) is 50.1 Å². The quantitative estimate of drug-likeness (QED) is 0.826. The van der Waals surface area contributed by atoms with E-state index in [0.717, 1.165) is 52.3 Å². The molecule has 1 amide bonds. The van der Waals surface area contributed by atoms with Crippen molar-refractivity contribution in [3.8, 4) is 11.5 Å². The highest BCUT2D eigenvalue weighted by atomic mass is 32.2. The van der Waals surface area contributed by atoms with Crippen molar-refractivity contribution in [1.29, 1.82) is 0 Å². The number of aromatic nitrogens is 1. The van der Waals surface area contributed by atoms with Gasteiger partial charge in [-0.25, -0.2) is 4.98 Å². The molecule has 1 aliphatic carbocycles. The Labute approximate surface area is 151 Å². The largest absolute Gasteiger partial charge is 0.454 e. The summed E-state index contributed by atoms with van der Waals surface area (Å²) in [6.45, 7) is 2.37. The number of nitrogens with zero attached hydrogens (tertiary/aromatic N) is 1. The second-order valence-electron chi connectivity index (χ2n) is 6.54. The molecule has 0 unspecified atom stereocenters. The monoisotopic (exact) mass is 358 g/mol. The molecule has 25 heavy (non-hydrogen) atoms. The summed E-state index contributed by atoms with van der Waals surface area (Å²) in [5.41, 5.74) is 2.03. The third kappa shape index (κ3) is 3.54. The summed E-state index contributed by atoms with van der Waals surface area (Å²) in [5.74, 6) is 2.02. The summed E-state index contributed by atoms with van der Waals surface area (Å²) in [4.78, 5) is 17.0. The summed E-state index contributed by atoms with van der Waals surface area (Å²) in [5, 5.41) is 5.10. The van der Waals surface area contributed by atoms with Gasteiger partial charge < -0.3 is 14.8 Å². The van der Waals surface area contributed by atoms with Gasteiger partial charge in [-0.15, -0.1) is 0 Å². The third-order valence-corrected chi connectivity index (χ3v) is 5.82. The first-order chi connectivity index (χ1) is 12.2. The number of rotatable bonds is 5. The highest BCUT2D eigenvalue weighted by molar-refractivity contribution is 7.99. The van der Waals surface area contributed by atoms with Crippen molar-refractivity contribution in [3.63, 3.8) is 0 Å². The molecular weight excluding hydrogens is 336 g/mol. The molecule has 132 valence electrons. The van der Waals surface area contributed by atoms with Gasteiger partial charge in [-0.05, 0) is 37.0 Å². The minimum absolute atomic E-state index is 0.103. The molecule has 0 bridgehead atoms. The van der Waals surface area contributed by atoms with E-state index in [1.807, 2.05) is 12.1 Å². The van der Waals surface area contributed by atoms with Crippen LogP contribution in [0, 0.1) is 0 Å². The van der Waals surface area contributed by atoms with Crippen molar-refractivity contribution in [1.82, 2.24) is 10.3 Å². The van der Waals surface area contributed by atoms with Gasteiger partial charge in [-0.1, -0.05) is 31.5 Å². The van der Waals surface area contributed by atoms with Crippen LogP contribution in [-0.2, 0) is 11.2 Å². The lowest BCUT2D eigenvalue weighted by Crippen LogP contribution is -2.33. The van der Waals surface area contributed by atoms with Crippen LogP contribution in [0.2, 0.25) is 0 Å². The number of fused-ring (bicyclic) bond motifs is 2. The van der Waals surface area contributed by atoms with Gasteiger partial charge >= 0.3 is 0 Å². The molecule has 6 heteroatoms. The molecule has 0 radical (unpaired) electrons. The lowest BCUT2D eigenvalue weighted by Gasteiger charge is -2.13. The van der Waals surface area contributed by atoms with E-state index in [0.29, 0.717) is 11.8 Å². The van der Waals surface area contributed by atoms with Crippen molar-refractivity contribution < 1.29 is 14.3 Å². The van der Waals surface area contributed by atoms with Crippen LogP contribution in [0.1, 0.15) is 38.2 Å². The minimum Gasteiger partial charge on any atom is -0.454 e. The third-order valence-electron chi connectivity index (χ3n) is 4.79. The maximum Gasteiger partial charge on any atom is 0.231 e. The van der Waals surface area contributed by atoms with Gasteiger partial charge in [-0.3, -0.25) is 4.79 Å². The van der Waals surface area contributed by atoms with E-state index in [-0.39, 0.29) is 12.7 Å². The number of amides is 1. The minimum atomic E-state index is 0.103. The lowest BCUT2D eigenvalue weighted by atomic mass is 10.1. The first-order valence-electron chi connectivity index (χ1n) is 8.88. The number of ether oxygens (including phenoxy) is 2. The highest BCUT2D eigenvalue weighted by Crippen LogP contribution is 2.37. The number of nitrogens with one attached hydrogen (secondary N) is 1. The van der Waals surface area contributed by atoms with E-state index in [1.54, 1.807) is 0 Å². The summed E-state index contributed by atoms with van der Waals surface area (Å²) in [7, 11) is 0. The van der Waals surface area contributed by atoms with Crippen LogP contribution in [0.25, 0.3) is 10.9 Å². The summed E-state index contributed by atoms with van der Waals surface area (Å²) in [6, 6.07) is 6.40. The molecule has 2 aliphatic rings. The average Bonchev–Trinajstić information content (AvgIpc) is 3.28. The normalized spacial score (nSPS) is 16.5. The topological polar surface area (TPSA) is 60.5 Å². The predicted octanol–water partition coefficient (Wildman–Crippen LogP) is 3.68. The van der Waals surface area contributed by atoms with Gasteiger partial charge in [0.2, 0.25) is 12.7 Å². The van der Waals surface area contributed by atoms with Gasteiger partial charge in [0.1, 0.15) is 5.03 Å². The molecule has 0 saturated heterocycles. The number of carbonyl (C=O) groups excluding carboxylic acids is 1. The molecule has 0 atom stereocenters. The Bertz CT molecular complexity index is 803. The Hall–Kier alpha value is -1.95. The Balaban J connectivity index is 1.51. The second kappa shape index (κ2) is 7.12. The molecular formula is C19H22N2O3S. The van der Waals surface area contributed by atoms with Crippen LogP contribution < -0.4 is 14.8 Å². The standard InChI is InChI=1S/C19H22N2O3S/c1-2-12-7-13-8-16-17(24-11-23-16)9-15(13)21-19(12)25-10-18(22)20-14-5-3-4-6-14/h7-9,14H,2-6,10-11H2,1H3,(H,20,22). The van der Waals surface area contributed by atoms with Crippen LogP contribution in [0.15, 0.2) is 23.2 Å². The van der Waals surface area contributed by atoms with E-state index >= 15 is 0 Å². The first-order valence-corrected chi connectivity index (χ1v) is 9.87. The molecule has 1 fully saturated rings. The van der Waals surface area contributed by atoms with Crippen LogP contribution in [-0.4, -0.2) is 29.5 Å². The van der Waals surface area contributed by atoms with E-state index in [2.05, 4.69) is 18.3 Å².